The third-order valence-electron chi connectivity index (χ3n) is 2.59. The quantitative estimate of drug-likeness (QED) is 0.790. The maximum atomic E-state index is 12.1. The molecule has 15 heavy (non-hydrogen) atoms. The monoisotopic (exact) mass is 224 g/mol. The van der Waals surface area contributed by atoms with Gasteiger partial charge < -0.3 is 4.90 Å². The average Bonchev–Trinajstić information content (AvgIpc) is 3.03. The summed E-state index contributed by atoms with van der Waals surface area (Å²) in [5, 5.41) is 0.432. The minimum Gasteiger partial charge on any atom is -0.336 e. The van der Waals surface area contributed by atoms with Gasteiger partial charge in [-0.25, -0.2) is 0 Å². The standard InChI is InChI=1S/C11H13ClN2O/c1-2-14(8-3-4-8)11(15)9-5-6-13-7-10(9)12/h5-8H,2-4H2,1H3. The van der Waals surface area contributed by atoms with Crippen molar-refractivity contribution in [2.24, 2.45) is 0 Å². The molecule has 1 heterocycles. The summed E-state index contributed by atoms with van der Waals surface area (Å²) in [7, 11) is 0. The van der Waals surface area contributed by atoms with Crippen LogP contribution in [0.3, 0.4) is 0 Å². The zero-order valence-electron chi connectivity index (χ0n) is 8.61. The molecule has 0 N–H and O–H groups in total. The number of hydrogen-bond acceptors (Lipinski definition) is 2. The van der Waals surface area contributed by atoms with Gasteiger partial charge in [-0.05, 0) is 25.8 Å². The molecule has 1 aromatic heterocycles. The Morgan fingerprint density at radius 1 is 1.67 bits per heavy atom. The number of carbonyl (C=O) groups excluding carboxylic acids is 1. The van der Waals surface area contributed by atoms with E-state index in [0.717, 1.165) is 19.4 Å². The molecule has 0 bridgehead atoms. The van der Waals surface area contributed by atoms with Crippen LogP contribution in [0, 0.1) is 0 Å². The van der Waals surface area contributed by atoms with E-state index in [0.29, 0.717) is 16.6 Å². The van der Waals surface area contributed by atoms with Crippen LogP contribution in [0.5, 0.6) is 0 Å². The molecule has 1 aromatic rings. The number of nitrogens with zero attached hydrogens (tertiary/aromatic N) is 2. The van der Waals surface area contributed by atoms with Crippen molar-refractivity contribution in [3.8, 4) is 0 Å². The zero-order chi connectivity index (χ0) is 10.8. The number of rotatable bonds is 3. The van der Waals surface area contributed by atoms with E-state index in [9.17, 15) is 4.79 Å². The van der Waals surface area contributed by atoms with E-state index in [4.69, 9.17) is 11.6 Å². The molecule has 1 fully saturated rings. The molecule has 3 nitrogen and oxygen atoms in total. The van der Waals surface area contributed by atoms with Crippen molar-refractivity contribution >= 4 is 17.5 Å². The van der Waals surface area contributed by atoms with Gasteiger partial charge in [-0.1, -0.05) is 11.6 Å². The Morgan fingerprint density at radius 3 is 2.93 bits per heavy atom. The lowest BCUT2D eigenvalue weighted by molar-refractivity contribution is 0.0752. The molecule has 0 radical (unpaired) electrons. The highest BCUT2D eigenvalue weighted by Crippen LogP contribution is 2.29. The third-order valence-corrected chi connectivity index (χ3v) is 2.89. The van der Waals surface area contributed by atoms with E-state index in [-0.39, 0.29) is 5.91 Å². The molecule has 1 aliphatic carbocycles. The summed E-state index contributed by atoms with van der Waals surface area (Å²) < 4.78 is 0. The van der Waals surface area contributed by atoms with Crippen molar-refractivity contribution in [2.45, 2.75) is 25.8 Å². The van der Waals surface area contributed by atoms with E-state index in [1.165, 1.54) is 6.20 Å². The van der Waals surface area contributed by atoms with Crippen molar-refractivity contribution in [3.05, 3.63) is 29.0 Å². The fraction of sp³-hybridized carbons (Fsp3) is 0.455. The van der Waals surface area contributed by atoms with Crippen LogP contribution in [0.1, 0.15) is 30.1 Å². The molecule has 1 amide bonds. The summed E-state index contributed by atoms with van der Waals surface area (Å²) in [4.78, 5) is 17.8. The highest BCUT2D eigenvalue weighted by molar-refractivity contribution is 6.33. The van der Waals surface area contributed by atoms with E-state index in [2.05, 4.69) is 4.98 Å². The van der Waals surface area contributed by atoms with Gasteiger partial charge in [0.05, 0.1) is 10.6 Å². The molecule has 0 aliphatic heterocycles. The Morgan fingerprint density at radius 2 is 2.40 bits per heavy atom. The fourth-order valence-corrected chi connectivity index (χ4v) is 1.86. The highest BCUT2D eigenvalue weighted by Gasteiger charge is 2.32. The first-order valence-electron chi connectivity index (χ1n) is 5.14. The van der Waals surface area contributed by atoms with Gasteiger partial charge in [0, 0.05) is 25.0 Å². The molecule has 80 valence electrons. The summed E-state index contributed by atoms with van der Waals surface area (Å²) >= 11 is 5.94. The lowest BCUT2D eigenvalue weighted by atomic mass is 10.2. The minimum atomic E-state index is 0.0207. The molecule has 1 saturated carbocycles. The van der Waals surface area contributed by atoms with Crippen molar-refractivity contribution in [3.63, 3.8) is 0 Å². The molecule has 0 saturated heterocycles. The molecular weight excluding hydrogens is 212 g/mol. The van der Waals surface area contributed by atoms with Gasteiger partial charge in [-0.3, -0.25) is 9.78 Å². The molecule has 0 spiro atoms. The van der Waals surface area contributed by atoms with Gasteiger partial charge in [0.1, 0.15) is 0 Å². The topological polar surface area (TPSA) is 33.2 Å². The second kappa shape index (κ2) is 4.19. The fourth-order valence-electron chi connectivity index (χ4n) is 1.66. The molecule has 1 aliphatic rings. The molecule has 0 atom stereocenters. The van der Waals surface area contributed by atoms with Gasteiger partial charge in [0.2, 0.25) is 0 Å². The number of halogens is 1. The first-order chi connectivity index (χ1) is 7.24. The van der Waals surface area contributed by atoms with Crippen molar-refractivity contribution < 1.29 is 4.79 Å². The van der Waals surface area contributed by atoms with Crippen LogP contribution in [0.4, 0.5) is 0 Å². The van der Waals surface area contributed by atoms with E-state index < -0.39 is 0 Å². The van der Waals surface area contributed by atoms with Gasteiger partial charge in [0.15, 0.2) is 0 Å². The number of amides is 1. The Bertz CT molecular complexity index is 377. The first-order valence-corrected chi connectivity index (χ1v) is 5.52. The second-order valence-corrected chi connectivity index (χ2v) is 4.09. The Labute approximate surface area is 94.1 Å². The largest absolute Gasteiger partial charge is 0.336 e. The van der Waals surface area contributed by atoms with Crippen molar-refractivity contribution in [1.82, 2.24) is 9.88 Å². The van der Waals surface area contributed by atoms with Crippen LogP contribution in [-0.2, 0) is 0 Å². The highest BCUT2D eigenvalue weighted by atomic mass is 35.5. The SMILES string of the molecule is CCN(C(=O)c1ccncc1Cl)C1CC1. The minimum absolute atomic E-state index is 0.0207. The van der Waals surface area contributed by atoms with Crippen LogP contribution >= 0.6 is 11.6 Å². The number of carbonyl (C=O) groups is 1. The molecular formula is C11H13ClN2O. The summed E-state index contributed by atoms with van der Waals surface area (Å²) in [6, 6.07) is 2.10. The molecule has 4 heteroatoms. The smallest absolute Gasteiger partial charge is 0.255 e. The van der Waals surface area contributed by atoms with Gasteiger partial charge in [-0.15, -0.1) is 0 Å². The molecule has 0 unspecified atom stereocenters. The average molecular weight is 225 g/mol. The van der Waals surface area contributed by atoms with Crippen molar-refractivity contribution in [2.75, 3.05) is 6.54 Å². The number of aromatic nitrogens is 1. The second-order valence-electron chi connectivity index (χ2n) is 3.68. The van der Waals surface area contributed by atoms with Crippen LogP contribution in [0.15, 0.2) is 18.5 Å². The lowest BCUT2D eigenvalue weighted by Crippen LogP contribution is -2.33. The third kappa shape index (κ3) is 2.12. The van der Waals surface area contributed by atoms with E-state index >= 15 is 0 Å². The summed E-state index contributed by atoms with van der Waals surface area (Å²) in [6.07, 6.45) is 5.33. The summed E-state index contributed by atoms with van der Waals surface area (Å²) in [5.74, 6) is 0.0207. The first kappa shape index (κ1) is 10.4. The predicted octanol–water partition coefficient (Wildman–Crippen LogP) is 2.36. The molecule has 0 aromatic carbocycles. The Hall–Kier alpha value is -1.09. The van der Waals surface area contributed by atoms with Crippen LogP contribution in [0.25, 0.3) is 0 Å². The van der Waals surface area contributed by atoms with E-state index in [1.54, 1.807) is 12.3 Å². The van der Waals surface area contributed by atoms with Crippen LogP contribution < -0.4 is 0 Å². The maximum absolute atomic E-state index is 12.1. The Balaban J connectivity index is 2.22. The summed E-state index contributed by atoms with van der Waals surface area (Å²) in [6.45, 7) is 2.73. The van der Waals surface area contributed by atoms with Gasteiger partial charge in [-0.2, -0.15) is 0 Å². The van der Waals surface area contributed by atoms with Gasteiger partial charge >= 0.3 is 0 Å². The van der Waals surface area contributed by atoms with E-state index in [1.807, 2.05) is 11.8 Å². The molecule has 2 rings (SSSR count). The van der Waals surface area contributed by atoms with Crippen LogP contribution in [0.2, 0.25) is 5.02 Å². The van der Waals surface area contributed by atoms with Crippen LogP contribution in [-0.4, -0.2) is 28.4 Å². The summed E-state index contributed by atoms with van der Waals surface area (Å²) in [5.41, 5.74) is 0.556. The number of pyridine rings is 1. The maximum Gasteiger partial charge on any atom is 0.255 e. The van der Waals surface area contributed by atoms with Crippen molar-refractivity contribution in [1.29, 1.82) is 0 Å². The zero-order valence-corrected chi connectivity index (χ0v) is 9.37. The number of hydrogen-bond donors (Lipinski definition) is 0. The lowest BCUT2D eigenvalue weighted by Gasteiger charge is -2.20. The Kier molecular flexibility index (Phi) is 2.91. The van der Waals surface area contributed by atoms with Gasteiger partial charge in [0.25, 0.3) is 5.91 Å². The normalized spacial score (nSPS) is 15.1. The predicted molar refractivity (Wildman–Crippen MR) is 59.0 cm³/mol.